The molecule has 102 valence electrons. The highest BCUT2D eigenvalue weighted by Crippen LogP contribution is 2.32. The highest BCUT2D eigenvalue weighted by atomic mass is 79.9. The summed E-state index contributed by atoms with van der Waals surface area (Å²) in [5, 5.41) is 13.0. The van der Waals surface area contributed by atoms with E-state index in [0.717, 1.165) is 18.0 Å². The van der Waals surface area contributed by atoms with Crippen LogP contribution in [-0.2, 0) is 6.42 Å². The molecule has 0 amide bonds. The molecule has 0 radical (unpaired) electrons. The summed E-state index contributed by atoms with van der Waals surface area (Å²) < 4.78 is 14.5. The summed E-state index contributed by atoms with van der Waals surface area (Å²) in [6.45, 7) is 5.05. The second kappa shape index (κ2) is 6.54. The van der Waals surface area contributed by atoms with E-state index in [2.05, 4.69) is 45.3 Å². The summed E-state index contributed by atoms with van der Waals surface area (Å²) in [5.74, 6) is -0.280. The maximum atomic E-state index is 13.8. The zero-order chi connectivity index (χ0) is 13.8. The Bertz CT molecular complexity index is 536. The number of benzene rings is 1. The Hall–Kier alpha value is -0.850. The SMILES string of the molecule is CC(C)NCCc1nnc(-c2c(F)cccc2Br)s1. The van der Waals surface area contributed by atoms with E-state index < -0.39 is 0 Å². The number of rotatable bonds is 5. The molecule has 6 heteroatoms. The van der Waals surface area contributed by atoms with Crippen LogP contribution in [0.2, 0.25) is 0 Å². The van der Waals surface area contributed by atoms with E-state index >= 15 is 0 Å². The van der Waals surface area contributed by atoms with Crippen LogP contribution in [0.15, 0.2) is 22.7 Å². The van der Waals surface area contributed by atoms with Gasteiger partial charge in [-0.15, -0.1) is 10.2 Å². The van der Waals surface area contributed by atoms with Crippen LogP contribution in [0.1, 0.15) is 18.9 Å². The fraction of sp³-hybridized carbons (Fsp3) is 0.385. The van der Waals surface area contributed by atoms with Gasteiger partial charge in [0.05, 0.1) is 5.56 Å². The van der Waals surface area contributed by atoms with Crippen molar-refractivity contribution in [2.75, 3.05) is 6.54 Å². The highest BCUT2D eigenvalue weighted by Gasteiger charge is 2.14. The lowest BCUT2D eigenvalue weighted by molar-refractivity contribution is 0.588. The lowest BCUT2D eigenvalue weighted by atomic mass is 10.2. The van der Waals surface area contributed by atoms with Gasteiger partial charge in [-0.3, -0.25) is 0 Å². The molecule has 1 aromatic heterocycles. The van der Waals surface area contributed by atoms with Crippen molar-refractivity contribution in [2.45, 2.75) is 26.3 Å². The van der Waals surface area contributed by atoms with Gasteiger partial charge in [0.25, 0.3) is 0 Å². The van der Waals surface area contributed by atoms with E-state index in [1.165, 1.54) is 17.4 Å². The van der Waals surface area contributed by atoms with E-state index in [9.17, 15) is 4.39 Å². The van der Waals surface area contributed by atoms with E-state index in [1.807, 2.05) is 0 Å². The third kappa shape index (κ3) is 3.81. The van der Waals surface area contributed by atoms with E-state index in [0.29, 0.717) is 21.1 Å². The summed E-state index contributed by atoms with van der Waals surface area (Å²) in [4.78, 5) is 0. The number of halogens is 2. The van der Waals surface area contributed by atoms with Crippen LogP contribution >= 0.6 is 27.3 Å². The first-order valence-corrected chi connectivity index (χ1v) is 7.69. The van der Waals surface area contributed by atoms with Gasteiger partial charge in [-0.25, -0.2) is 4.39 Å². The molecule has 0 unspecified atom stereocenters. The zero-order valence-corrected chi connectivity index (χ0v) is 13.2. The van der Waals surface area contributed by atoms with Gasteiger partial charge in [0.2, 0.25) is 0 Å². The Morgan fingerprint density at radius 3 is 2.84 bits per heavy atom. The van der Waals surface area contributed by atoms with Gasteiger partial charge < -0.3 is 5.32 Å². The zero-order valence-electron chi connectivity index (χ0n) is 10.8. The molecule has 1 heterocycles. The van der Waals surface area contributed by atoms with Gasteiger partial charge in [-0.2, -0.15) is 0 Å². The van der Waals surface area contributed by atoms with Crippen LogP contribution in [0.4, 0.5) is 4.39 Å². The van der Waals surface area contributed by atoms with Gasteiger partial charge in [-0.1, -0.05) is 31.3 Å². The smallest absolute Gasteiger partial charge is 0.151 e. The first-order valence-electron chi connectivity index (χ1n) is 6.08. The average molecular weight is 344 g/mol. The maximum Gasteiger partial charge on any atom is 0.151 e. The third-order valence-corrected chi connectivity index (χ3v) is 4.20. The molecule has 0 aliphatic heterocycles. The molecule has 1 aromatic carbocycles. The minimum Gasteiger partial charge on any atom is -0.314 e. The van der Waals surface area contributed by atoms with E-state index in [1.54, 1.807) is 12.1 Å². The minimum atomic E-state index is -0.280. The molecule has 0 bridgehead atoms. The second-order valence-corrected chi connectivity index (χ2v) is 6.37. The summed E-state index contributed by atoms with van der Waals surface area (Å²) in [6, 6.07) is 5.35. The standard InChI is InChI=1S/C13H15BrFN3S/c1-8(2)16-7-6-11-17-18-13(19-11)12-9(14)4-3-5-10(12)15/h3-5,8,16H,6-7H2,1-2H3. The summed E-state index contributed by atoms with van der Waals surface area (Å²) in [7, 11) is 0. The number of hydrogen-bond donors (Lipinski definition) is 1. The molecule has 2 aromatic rings. The lowest BCUT2D eigenvalue weighted by Crippen LogP contribution is -2.24. The number of aromatic nitrogens is 2. The number of nitrogens with zero attached hydrogens (tertiary/aromatic N) is 2. The molecule has 0 aliphatic rings. The van der Waals surface area contributed by atoms with Crippen molar-refractivity contribution in [2.24, 2.45) is 0 Å². The predicted molar refractivity (Wildman–Crippen MR) is 79.8 cm³/mol. The molecular formula is C13H15BrFN3S. The monoisotopic (exact) mass is 343 g/mol. The molecule has 1 N–H and O–H groups in total. The quantitative estimate of drug-likeness (QED) is 0.900. The van der Waals surface area contributed by atoms with Crippen molar-refractivity contribution < 1.29 is 4.39 Å². The molecule has 2 rings (SSSR count). The van der Waals surface area contributed by atoms with Crippen molar-refractivity contribution in [3.63, 3.8) is 0 Å². The van der Waals surface area contributed by atoms with Crippen LogP contribution in [0, 0.1) is 5.82 Å². The maximum absolute atomic E-state index is 13.8. The largest absolute Gasteiger partial charge is 0.314 e. The van der Waals surface area contributed by atoms with Crippen LogP contribution in [0.5, 0.6) is 0 Å². The summed E-state index contributed by atoms with van der Waals surface area (Å²) >= 11 is 4.79. The van der Waals surface area contributed by atoms with Crippen molar-refractivity contribution in [3.05, 3.63) is 33.5 Å². The normalized spacial score (nSPS) is 11.2. The van der Waals surface area contributed by atoms with E-state index in [-0.39, 0.29) is 5.82 Å². The average Bonchev–Trinajstić information content (AvgIpc) is 2.77. The Kier molecular flexibility index (Phi) is 5.01. The van der Waals surface area contributed by atoms with Crippen LogP contribution in [0.3, 0.4) is 0 Å². The van der Waals surface area contributed by atoms with Crippen LogP contribution in [-0.4, -0.2) is 22.8 Å². The minimum absolute atomic E-state index is 0.280. The van der Waals surface area contributed by atoms with Gasteiger partial charge in [0.15, 0.2) is 5.01 Å². The summed E-state index contributed by atoms with van der Waals surface area (Å²) in [6.07, 6.45) is 0.807. The first kappa shape index (κ1) is 14.6. The van der Waals surface area contributed by atoms with Gasteiger partial charge in [0, 0.05) is 23.5 Å². The number of hydrogen-bond acceptors (Lipinski definition) is 4. The van der Waals surface area contributed by atoms with Crippen molar-refractivity contribution in [3.8, 4) is 10.6 Å². The molecular weight excluding hydrogens is 329 g/mol. The molecule has 0 saturated carbocycles. The second-order valence-electron chi connectivity index (χ2n) is 4.46. The Labute approximate surface area is 124 Å². The molecule has 0 aliphatic carbocycles. The number of nitrogens with one attached hydrogen (secondary N) is 1. The fourth-order valence-electron chi connectivity index (χ4n) is 1.63. The van der Waals surface area contributed by atoms with Crippen molar-refractivity contribution in [1.29, 1.82) is 0 Å². The van der Waals surface area contributed by atoms with Crippen LogP contribution < -0.4 is 5.32 Å². The molecule has 0 atom stereocenters. The molecule has 0 spiro atoms. The molecule has 19 heavy (non-hydrogen) atoms. The fourth-order valence-corrected chi connectivity index (χ4v) is 3.19. The third-order valence-electron chi connectivity index (χ3n) is 2.53. The Balaban J connectivity index is 2.12. The summed E-state index contributed by atoms with van der Waals surface area (Å²) in [5.41, 5.74) is 0.489. The van der Waals surface area contributed by atoms with Gasteiger partial charge in [0.1, 0.15) is 10.8 Å². The Morgan fingerprint density at radius 1 is 1.37 bits per heavy atom. The molecule has 3 nitrogen and oxygen atoms in total. The first-order chi connectivity index (χ1) is 9.08. The highest BCUT2D eigenvalue weighted by molar-refractivity contribution is 9.10. The van der Waals surface area contributed by atoms with Gasteiger partial charge >= 0.3 is 0 Å². The molecule has 0 fully saturated rings. The Morgan fingerprint density at radius 2 is 2.16 bits per heavy atom. The van der Waals surface area contributed by atoms with E-state index in [4.69, 9.17) is 0 Å². The molecule has 0 saturated heterocycles. The predicted octanol–water partition coefficient (Wildman–Crippen LogP) is 3.65. The van der Waals surface area contributed by atoms with Crippen LogP contribution in [0.25, 0.3) is 10.6 Å². The topological polar surface area (TPSA) is 37.8 Å². The lowest BCUT2D eigenvalue weighted by Gasteiger charge is -2.05. The van der Waals surface area contributed by atoms with Gasteiger partial charge in [-0.05, 0) is 28.1 Å². The van der Waals surface area contributed by atoms with Crippen molar-refractivity contribution in [1.82, 2.24) is 15.5 Å². The van der Waals surface area contributed by atoms with Crippen molar-refractivity contribution >= 4 is 27.3 Å².